The molecule has 0 radical (unpaired) electrons. The highest BCUT2D eigenvalue weighted by Crippen LogP contribution is 2.49. The number of rotatable bonds is 1. The SMILES string of the molecule is NC(=O)c1c(N)sc2c1CCC1(CCCCCC1)C2. The molecule has 4 heteroatoms. The average Bonchev–Trinajstić information content (AvgIpc) is 2.53. The third-order valence-electron chi connectivity index (χ3n) is 4.97. The number of hydrogen-bond donors (Lipinski definition) is 2. The molecule has 2 aliphatic rings. The lowest BCUT2D eigenvalue weighted by Gasteiger charge is -2.36. The molecule has 3 nitrogen and oxygen atoms in total. The van der Waals surface area contributed by atoms with Gasteiger partial charge in [-0.05, 0) is 43.1 Å². The van der Waals surface area contributed by atoms with Gasteiger partial charge in [-0.3, -0.25) is 4.79 Å². The summed E-state index contributed by atoms with van der Waals surface area (Å²) in [5, 5.41) is 0.628. The Morgan fingerprint density at radius 3 is 2.42 bits per heavy atom. The standard InChI is InChI=1S/C15H22N2OS/c16-13(18)12-10-5-8-15(6-3-1-2-4-7-15)9-11(10)19-14(12)17/h1-9,17H2,(H2,16,18). The van der Waals surface area contributed by atoms with Gasteiger partial charge in [-0.25, -0.2) is 0 Å². The summed E-state index contributed by atoms with van der Waals surface area (Å²) in [5.74, 6) is -0.355. The van der Waals surface area contributed by atoms with Gasteiger partial charge in [0.15, 0.2) is 0 Å². The second-order valence-electron chi connectivity index (χ2n) is 6.20. The monoisotopic (exact) mass is 278 g/mol. The predicted octanol–water partition coefficient (Wildman–Crippen LogP) is 3.26. The van der Waals surface area contributed by atoms with Crippen molar-refractivity contribution in [3.8, 4) is 0 Å². The molecule has 4 N–H and O–H groups in total. The molecule has 1 amide bonds. The van der Waals surface area contributed by atoms with Crippen LogP contribution in [0.25, 0.3) is 0 Å². The number of carbonyl (C=O) groups is 1. The minimum Gasteiger partial charge on any atom is -0.390 e. The highest BCUT2D eigenvalue weighted by atomic mass is 32.1. The van der Waals surface area contributed by atoms with Gasteiger partial charge >= 0.3 is 0 Å². The van der Waals surface area contributed by atoms with E-state index in [1.165, 1.54) is 49.8 Å². The lowest BCUT2D eigenvalue weighted by Crippen LogP contribution is -2.28. The molecule has 0 saturated heterocycles. The van der Waals surface area contributed by atoms with E-state index in [9.17, 15) is 4.79 Å². The van der Waals surface area contributed by atoms with Crippen molar-refractivity contribution in [1.29, 1.82) is 0 Å². The molecule has 104 valence electrons. The Morgan fingerprint density at radius 1 is 1.11 bits per heavy atom. The number of hydrogen-bond acceptors (Lipinski definition) is 3. The fourth-order valence-electron chi connectivity index (χ4n) is 3.94. The first-order chi connectivity index (χ1) is 9.11. The highest BCUT2D eigenvalue weighted by molar-refractivity contribution is 7.16. The number of amides is 1. The minimum absolute atomic E-state index is 0.355. The Kier molecular flexibility index (Phi) is 3.29. The number of nitrogens with two attached hydrogens (primary N) is 2. The topological polar surface area (TPSA) is 69.1 Å². The van der Waals surface area contributed by atoms with Crippen molar-refractivity contribution in [1.82, 2.24) is 0 Å². The van der Waals surface area contributed by atoms with Crippen molar-refractivity contribution in [2.75, 3.05) is 5.73 Å². The van der Waals surface area contributed by atoms with Crippen LogP contribution in [0, 0.1) is 5.41 Å². The van der Waals surface area contributed by atoms with Crippen LogP contribution in [0.3, 0.4) is 0 Å². The molecule has 1 saturated carbocycles. The number of nitrogen functional groups attached to an aromatic ring is 1. The molecular formula is C15H22N2OS. The van der Waals surface area contributed by atoms with E-state index >= 15 is 0 Å². The Morgan fingerprint density at radius 2 is 1.79 bits per heavy atom. The van der Waals surface area contributed by atoms with E-state index in [-0.39, 0.29) is 5.91 Å². The Hall–Kier alpha value is -1.03. The Labute approximate surface area is 118 Å². The zero-order valence-corrected chi connectivity index (χ0v) is 12.2. The summed E-state index contributed by atoms with van der Waals surface area (Å²) >= 11 is 1.60. The molecule has 0 aliphatic heterocycles. The summed E-state index contributed by atoms with van der Waals surface area (Å²) in [6, 6.07) is 0. The van der Waals surface area contributed by atoms with Crippen molar-refractivity contribution in [2.24, 2.45) is 11.1 Å². The fourth-order valence-corrected chi connectivity index (χ4v) is 5.23. The van der Waals surface area contributed by atoms with Gasteiger partial charge in [0.25, 0.3) is 5.91 Å². The molecular weight excluding hydrogens is 256 g/mol. The van der Waals surface area contributed by atoms with Crippen LogP contribution in [0.15, 0.2) is 0 Å². The molecule has 0 bridgehead atoms. The molecule has 0 unspecified atom stereocenters. The van der Waals surface area contributed by atoms with Crippen LogP contribution < -0.4 is 11.5 Å². The van der Waals surface area contributed by atoms with E-state index in [0.717, 1.165) is 18.4 Å². The quantitative estimate of drug-likeness (QED) is 0.828. The van der Waals surface area contributed by atoms with Crippen molar-refractivity contribution < 1.29 is 4.79 Å². The lowest BCUT2D eigenvalue weighted by atomic mass is 9.69. The maximum atomic E-state index is 11.5. The first-order valence-electron chi connectivity index (χ1n) is 7.31. The molecule has 1 fully saturated rings. The largest absolute Gasteiger partial charge is 0.390 e. The van der Waals surface area contributed by atoms with Gasteiger partial charge < -0.3 is 11.5 Å². The van der Waals surface area contributed by atoms with Gasteiger partial charge in [0.05, 0.1) is 10.6 Å². The fraction of sp³-hybridized carbons (Fsp3) is 0.667. The molecule has 1 heterocycles. The molecule has 3 rings (SSSR count). The van der Waals surface area contributed by atoms with E-state index in [1.807, 2.05) is 0 Å². The van der Waals surface area contributed by atoms with E-state index in [4.69, 9.17) is 11.5 Å². The van der Waals surface area contributed by atoms with Crippen LogP contribution in [-0.4, -0.2) is 5.91 Å². The van der Waals surface area contributed by atoms with Crippen LogP contribution in [0.4, 0.5) is 5.00 Å². The van der Waals surface area contributed by atoms with E-state index in [0.29, 0.717) is 16.0 Å². The van der Waals surface area contributed by atoms with Gasteiger partial charge in [-0.15, -0.1) is 11.3 Å². The molecule has 19 heavy (non-hydrogen) atoms. The predicted molar refractivity (Wildman–Crippen MR) is 79.4 cm³/mol. The molecule has 2 aliphatic carbocycles. The minimum atomic E-state index is -0.355. The number of carbonyl (C=O) groups excluding carboxylic acids is 1. The number of thiophene rings is 1. The summed E-state index contributed by atoms with van der Waals surface area (Å²) in [4.78, 5) is 12.9. The second-order valence-corrected chi connectivity index (χ2v) is 7.34. The van der Waals surface area contributed by atoms with Gasteiger partial charge in [0, 0.05) is 4.88 Å². The summed E-state index contributed by atoms with van der Waals surface area (Å²) in [5.41, 5.74) is 13.7. The number of fused-ring (bicyclic) bond motifs is 1. The lowest BCUT2D eigenvalue weighted by molar-refractivity contribution is 0.0999. The third-order valence-corrected chi connectivity index (χ3v) is 6.03. The maximum Gasteiger partial charge on any atom is 0.251 e. The van der Waals surface area contributed by atoms with Crippen molar-refractivity contribution in [3.63, 3.8) is 0 Å². The van der Waals surface area contributed by atoms with Gasteiger partial charge in [0.2, 0.25) is 0 Å². The molecule has 1 spiro atoms. The van der Waals surface area contributed by atoms with Gasteiger partial charge in [0.1, 0.15) is 0 Å². The smallest absolute Gasteiger partial charge is 0.251 e. The highest BCUT2D eigenvalue weighted by Gasteiger charge is 2.37. The van der Waals surface area contributed by atoms with Crippen molar-refractivity contribution >= 4 is 22.2 Å². The summed E-state index contributed by atoms with van der Waals surface area (Å²) < 4.78 is 0. The van der Waals surface area contributed by atoms with E-state index < -0.39 is 0 Å². The molecule has 1 aromatic heterocycles. The van der Waals surface area contributed by atoms with E-state index in [2.05, 4.69) is 0 Å². The normalized spacial score (nSPS) is 21.9. The van der Waals surface area contributed by atoms with E-state index in [1.54, 1.807) is 11.3 Å². The Balaban J connectivity index is 1.92. The van der Waals surface area contributed by atoms with Gasteiger partial charge in [-0.1, -0.05) is 25.7 Å². The zero-order valence-electron chi connectivity index (χ0n) is 11.3. The average molecular weight is 278 g/mol. The van der Waals surface area contributed by atoms with Crippen LogP contribution >= 0.6 is 11.3 Å². The molecule has 0 aromatic carbocycles. The van der Waals surface area contributed by atoms with Crippen molar-refractivity contribution in [3.05, 3.63) is 16.0 Å². The molecule has 1 aromatic rings. The van der Waals surface area contributed by atoms with Gasteiger partial charge in [-0.2, -0.15) is 0 Å². The van der Waals surface area contributed by atoms with Crippen LogP contribution in [0.2, 0.25) is 0 Å². The zero-order chi connectivity index (χ0) is 13.5. The molecule has 0 atom stereocenters. The second kappa shape index (κ2) is 4.82. The van der Waals surface area contributed by atoms with Crippen LogP contribution in [0.1, 0.15) is 65.7 Å². The van der Waals surface area contributed by atoms with Crippen molar-refractivity contribution in [2.45, 2.75) is 57.8 Å². The maximum absolute atomic E-state index is 11.5. The summed E-state index contributed by atoms with van der Waals surface area (Å²) in [7, 11) is 0. The number of anilines is 1. The number of primary amides is 1. The van der Waals surface area contributed by atoms with Crippen LogP contribution in [-0.2, 0) is 12.8 Å². The first kappa shape index (κ1) is 13.0. The summed E-state index contributed by atoms with van der Waals surface area (Å²) in [6.45, 7) is 0. The third kappa shape index (κ3) is 2.27. The first-order valence-corrected chi connectivity index (χ1v) is 8.13. The summed E-state index contributed by atoms with van der Waals surface area (Å²) in [6.07, 6.45) is 11.5. The van der Waals surface area contributed by atoms with Crippen LogP contribution in [0.5, 0.6) is 0 Å². The Bertz CT molecular complexity index is 498.